The molecule has 3 heteroatoms. The van der Waals surface area contributed by atoms with Crippen molar-refractivity contribution in [1.82, 2.24) is 0 Å². The molecule has 90 valence electrons. The van der Waals surface area contributed by atoms with Crippen molar-refractivity contribution in [2.75, 3.05) is 11.1 Å². The Morgan fingerprint density at radius 1 is 1.11 bits per heavy atom. The first kappa shape index (κ1) is 10.8. The number of anilines is 2. The van der Waals surface area contributed by atoms with Crippen LogP contribution in [0.2, 0.25) is 0 Å². The molecule has 0 fully saturated rings. The maximum Gasteiger partial charge on any atom is 0.232 e. The summed E-state index contributed by atoms with van der Waals surface area (Å²) in [6, 6.07) is 15.3. The quantitative estimate of drug-likeness (QED) is 0.790. The molecule has 2 aromatic carbocycles. The molecule has 0 heterocycles. The molecule has 0 spiro atoms. The Hall–Kier alpha value is -2.29. The first-order valence-electron chi connectivity index (χ1n) is 5.98. The molecular formula is C15H14N2O. The van der Waals surface area contributed by atoms with E-state index in [0.717, 1.165) is 17.7 Å². The largest absolute Gasteiger partial charge is 0.399 e. The minimum absolute atomic E-state index is 0.0150. The second kappa shape index (κ2) is 4.18. The summed E-state index contributed by atoms with van der Waals surface area (Å²) in [6.07, 6.45) is 0.830. The van der Waals surface area contributed by atoms with Gasteiger partial charge in [0.05, 0.1) is 5.92 Å². The van der Waals surface area contributed by atoms with Crippen LogP contribution >= 0.6 is 0 Å². The first-order valence-corrected chi connectivity index (χ1v) is 5.98. The van der Waals surface area contributed by atoms with Crippen LogP contribution in [0.5, 0.6) is 0 Å². The number of amides is 1. The van der Waals surface area contributed by atoms with E-state index in [1.165, 1.54) is 5.56 Å². The number of rotatable bonds is 2. The zero-order chi connectivity index (χ0) is 12.5. The van der Waals surface area contributed by atoms with Gasteiger partial charge in [-0.2, -0.15) is 0 Å². The van der Waals surface area contributed by atoms with Gasteiger partial charge < -0.3 is 11.1 Å². The number of nitrogens with two attached hydrogens (primary N) is 1. The predicted octanol–water partition coefficient (Wildman–Crippen LogP) is 2.55. The summed E-state index contributed by atoms with van der Waals surface area (Å²) in [5.41, 5.74) is 9.51. The van der Waals surface area contributed by atoms with Crippen molar-refractivity contribution in [2.24, 2.45) is 0 Å². The number of carbonyl (C=O) groups excluding carboxylic acids is 1. The summed E-state index contributed by atoms with van der Waals surface area (Å²) in [7, 11) is 0. The van der Waals surface area contributed by atoms with Crippen LogP contribution in [0.3, 0.4) is 0 Å². The lowest BCUT2D eigenvalue weighted by molar-refractivity contribution is -0.118. The van der Waals surface area contributed by atoms with E-state index in [1.807, 2.05) is 30.3 Å². The third kappa shape index (κ3) is 1.84. The summed E-state index contributed by atoms with van der Waals surface area (Å²) in [4.78, 5) is 12.1. The monoisotopic (exact) mass is 238 g/mol. The van der Waals surface area contributed by atoms with Gasteiger partial charge in [-0.25, -0.2) is 0 Å². The van der Waals surface area contributed by atoms with Crippen LogP contribution < -0.4 is 11.1 Å². The average molecular weight is 238 g/mol. The summed E-state index contributed by atoms with van der Waals surface area (Å²) in [5, 5.41) is 2.92. The molecule has 1 aliphatic rings. The number of nitrogens with one attached hydrogen (secondary N) is 1. The lowest BCUT2D eigenvalue weighted by atomic mass is 9.77. The summed E-state index contributed by atoms with van der Waals surface area (Å²) < 4.78 is 0. The fourth-order valence-electron chi connectivity index (χ4n) is 2.29. The maximum atomic E-state index is 12.1. The van der Waals surface area contributed by atoms with Gasteiger partial charge in [0.25, 0.3) is 0 Å². The van der Waals surface area contributed by atoms with Gasteiger partial charge in [0, 0.05) is 11.4 Å². The van der Waals surface area contributed by atoms with Gasteiger partial charge >= 0.3 is 0 Å². The molecule has 18 heavy (non-hydrogen) atoms. The minimum atomic E-state index is -0.0150. The van der Waals surface area contributed by atoms with Crippen LogP contribution in [0.4, 0.5) is 11.4 Å². The molecule has 0 radical (unpaired) electrons. The van der Waals surface area contributed by atoms with Gasteiger partial charge in [-0.1, -0.05) is 24.3 Å². The number of fused-ring (bicyclic) bond motifs is 1. The number of carbonyl (C=O) groups is 1. The highest BCUT2D eigenvalue weighted by molar-refractivity contribution is 5.97. The zero-order valence-corrected chi connectivity index (χ0v) is 9.89. The molecule has 3 rings (SSSR count). The van der Waals surface area contributed by atoms with Gasteiger partial charge in [-0.05, 0) is 41.8 Å². The molecular weight excluding hydrogens is 224 g/mol. The minimum Gasteiger partial charge on any atom is -0.399 e. The topological polar surface area (TPSA) is 55.1 Å². The lowest BCUT2D eigenvalue weighted by Gasteiger charge is -2.28. The van der Waals surface area contributed by atoms with E-state index in [4.69, 9.17) is 5.73 Å². The Morgan fingerprint density at radius 3 is 2.56 bits per heavy atom. The third-order valence-electron chi connectivity index (χ3n) is 3.35. The van der Waals surface area contributed by atoms with Crippen molar-refractivity contribution in [3.05, 3.63) is 59.7 Å². The van der Waals surface area contributed by atoms with Crippen molar-refractivity contribution in [3.63, 3.8) is 0 Å². The maximum absolute atomic E-state index is 12.1. The zero-order valence-electron chi connectivity index (χ0n) is 9.89. The molecule has 0 saturated carbocycles. The van der Waals surface area contributed by atoms with E-state index in [0.29, 0.717) is 5.69 Å². The second-order valence-corrected chi connectivity index (χ2v) is 4.57. The molecule has 0 bridgehead atoms. The fourth-order valence-corrected chi connectivity index (χ4v) is 2.29. The third-order valence-corrected chi connectivity index (χ3v) is 3.35. The Morgan fingerprint density at radius 2 is 1.83 bits per heavy atom. The van der Waals surface area contributed by atoms with E-state index in [9.17, 15) is 4.79 Å². The highest BCUT2D eigenvalue weighted by atomic mass is 16.1. The number of benzene rings is 2. The smallest absolute Gasteiger partial charge is 0.232 e. The van der Waals surface area contributed by atoms with E-state index >= 15 is 0 Å². The van der Waals surface area contributed by atoms with Crippen molar-refractivity contribution in [3.8, 4) is 0 Å². The van der Waals surface area contributed by atoms with Crippen LogP contribution in [-0.2, 0) is 11.2 Å². The molecule has 0 aliphatic heterocycles. The second-order valence-electron chi connectivity index (χ2n) is 4.57. The number of nitrogen functional groups attached to an aromatic ring is 1. The van der Waals surface area contributed by atoms with E-state index in [2.05, 4.69) is 11.4 Å². The predicted molar refractivity (Wildman–Crippen MR) is 72.4 cm³/mol. The number of hydrogen-bond donors (Lipinski definition) is 2. The van der Waals surface area contributed by atoms with Crippen molar-refractivity contribution < 1.29 is 4.79 Å². The Kier molecular flexibility index (Phi) is 2.52. The van der Waals surface area contributed by atoms with E-state index in [-0.39, 0.29) is 11.8 Å². The molecule has 0 saturated heterocycles. The Labute approximate surface area is 106 Å². The van der Waals surface area contributed by atoms with Crippen molar-refractivity contribution >= 4 is 17.3 Å². The van der Waals surface area contributed by atoms with Crippen LogP contribution in [0.1, 0.15) is 17.0 Å². The molecule has 1 atom stereocenters. The summed E-state index contributed by atoms with van der Waals surface area (Å²) >= 11 is 0. The number of hydrogen-bond acceptors (Lipinski definition) is 2. The first-order chi connectivity index (χ1) is 8.74. The van der Waals surface area contributed by atoms with Crippen LogP contribution in [0.25, 0.3) is 0 Å². The van der Waals surface area contributed by atoms with Gasteiger partial charge in [0.15, 0.2) is 0 Å². The van der Waals surface area contributed by atoms with Gasteiger partial charge in [-0.3, -0.25) is 4.79 Å². The average Bonchev–Trinajstić information content (AvgIpc) is 2.34. The van der Waals surface area contributed by atoms with E-state index < -0.39 is 0 Å². The Balaban J connectivity index is 1.72. The molecule has 3 nitrogen and oxygen atoms in total. The van der Waals surface area contributed by atoms with Gasteiger partial charge in [0.1, 0.15) is 0 Å². The normalized spacial score (nSPS) is 16.6. The molecule has 1 aliphatic carbocycles. The molecule has 1 unspecified atom stereocenters. The molecule has 0 aromatic heterocycles. The van der Waals surface area contributed by atoms with E-state index in [1.54, 1.807) is 12.1 Å². The molecule has 2 aromatic rings. The SMILES string of the molecule is Nc1ccc(NC(=O)C2Cc3ccccc32)cc1. The molecule has 1 amide bonds. The highest BCUT2D eigenvalue weighted by Gasteiger charge is 2.31. The summed E-state index contributed by atoms with van der Waals surface area (Å²) in [5.74, 6) is 0.0391. The van der Waals surface area contributed by atoms with Crippen LogP contribution in [0, 0.1) is 0 Å². The Bertz CT molecular complexity index is 590. The van der Waals surface area contributed by atoms with Crippen LogP contribution in [-0.4, -0.2) is 5.91 Å². The highest BCUT2D eigenvalue weighted by Crippen LogP contribution is 2.35. The van der Waals surface area contributed by atoms with Crippen molar-refractivity contribution in [2.45, 2.75) is 12.3 Å². The lowest BCUT2D eigenvalue weighted by Crippen LogP contribution is -2.30. The standard InChI is InChI=1S/C15H14N2O/c16-11-5-7-12(8-6-11)17-15(18)14-9-10-3-1-2-4-13(10)14/h1-8,14H,9,16H2,(H,17,18). The van der Waals surface area contributed by atoms with Gasteiger partial charge in [-0.15, -0.1) is 0 Å². The fraction of sp³-hybridized carbons (Fsp3) is 0.133. The summed E-state index contributed by atoms with van der Waals surface area (Å²) in [6.45, 7) is 0. The van der Waals surface area contributed by atoms with Crippen molar-refractivity contribution in [1.29, 1.82) is 0 Å². The van der Waals surface area contributed by atoms with Gasteiger partial charge in [0.2, 0.25) is 5.91 Å². The molecule has 3 N–H and O–H groups in total. The van der Waals surface area contributed by atoms with Crippen LogP contribution in [0.15, 0.2) is 48.5 Å².